The standard InChI is InChI=1S/C18H21NO3/c1-3-21-19-12-5-13-20-16-8-10-17(11-9-16)22-18-7-4-6-15(2)14-18/h4,6-12,14H,3,5,13H2,1-2H3/b19-12+. The molecule has 0 saturated heterocycles. The van der Waals surface area contributed by atoms with Crippen LogP contribution in [-0.2, 0) is 4.84 Å². The van der Waals surface area contributed by atoms with Gasteiger partial charge in [0.15, 0.2) is 0 Å². The molecule has 0 spiro atoms. The summed E-state index contributed by atoms with van der Waals surface area (Å²) >= 11 is 0. The first-order valence-electron chi connectivity index (χ1n) is 7.39. The number of nitrogens with zero attached hydrogens (tertiary/aromatic N) is 1. The van der Waals surface area contributed by atoms with Gasteiger partial charge in [0.05, 0.1) is 6.61 Å². The summed E-state index contributed by atoms with van der Waals surface area (Å²) in [5.41, 5.74) is 1.17. The van der Waals surface area contributed by atoms with Gasteiger partial charge in [-0.05, 0) is 55.8 Å². The minimum Gasteiger partial charge on any atom is -0.493 e. The van der Waals surface area contributed by atoms with Crippen molar-refractivity contribution >= 4 is 6.21 Å². The lowest BCUT2D eigenvalue weighted by atomic mass is 10.2. The Kier molecular flexibility index (Phi) is 6.30. The number of benzene rings is 2. The molecular formula is C18H21NO3. The quantitative estimate of drug-likeness (QED) is 0.407. The smallest absolute Gasteiger partial charge is 0.127 e. The first-order chi connectivity index (χ1) is 10.8. The van der Waals surface area contributed by atoms with Gasteiger partial charge in [0.1, 0.15) is 23.9 Å². The van der Waals surface area contributed by atoms with Crippen molar-refractivity contribution in [2.45, 2.75) is 20.3 Å². The maximum atomic E-state index is 5.79. The summed E-state index contributed by atoms with van der Waals surface area (Å²) in [6.07, 6.45) is 2.42. The van der Waals surface area contributed by atoms with E-state index in [9.17, 15) is 0 Å². The topological polar surface area (TPSA) is 40.0 Å². The molecule has 2 aromatic carbocycles. The van der Waals surface area contributed by atoms with Gasteiger partial charge in [0, 0.05) is 12.6 Å². The summed E-state index contributed by atoms with van der Waals surface area (Å²) in [6.45, 7) is 5.08. The molecule has 0 bridgehead atoms. The molecule has 0 aromatic heterocycles. The lowest BCUT2D eigenvalue weighted by molar-refractivity contribution is 0.159. The van der Waals surface area contributed by atoms with Gasteiger partial charge in [-0.15, -0.1) is 0 Å². The van der Waals surface area contributed by atoms with Crippen molar-refractivity contribution in [1.82, 2.24) is 0 Å². The highest BCUT2D eigenvalue weighted by atomic mass is 16.6. The van der Waals surface area contributed by atoms with Crippen molar-refractivity contribution in [3.05, 3.63) is 54.1 Å². The lowest BCUT2D eigenvalue weighted by Gasteiger charge is -2.08. The molecule has 22 heavy (non-hydrogen) atoms. The third kappa shape index (κ3) is 5.48. The van der Waals surface area contributed by atoms with Gasteiger partial charge in [-0.1, -0.05) is 17.3 Å². The van der Waals surface area contributed by atoms with Gasteiger partial charge in [-0.25, -0.2) is 0 Å². The van der Waals surface area contributed by atoms with Crippen molar-refractivity contribution in [3.63, 3.8) is 0 Å². The van der Waals surface area contributed by atoms with Crippen LogP contribution in [0.3, 0.4) is 0 Å². The summed E-state index contributed by atoms with van der Waals surface area (Å²) in [5.74, 6) is 2.43. The van der Waals surface area contributed by atoms with Crippen LogP contribution in [0.15, 0.2) is 53.7 Å². The molecule has 0 aliphatic carbocycles. The highest BCUT2D eigenvalue weighted by Crippen LogP contribution is 2.24. The van der Waals surface area contributed by atoms with E-state index in [4.69, 9.17) is 14.3 Å². The number of aryl methyl sites for hydroxylation is 1. The van der Waals surface area contributed by atoms with Crippen LogP contribution in [0.25, 0.3) is 0 Å². The van der Waals surface area contributed by atoms with Crippen molar-refractivity contribution in [2.75, 3.05) is 13.2 Å². The van der Waals surface area contributed by atoms with E-state index in [2.05, 4.69) is 5.16 Å². The van der Waals surface area contributed by atoms with Crippen LogP contribution < -0.4 is 9.47 Å². The first-order valence-corrected chi connectivity index (χ1v) is 7.39. The molecule has 0 heterocycles. The Labute approximate surface area is 131 Å². The molecule has 0 aliphatic rings. The van der Waals surface area contributed by atoms with Crippen LogP contribution >= 0.6 is 0 Å². The number of oxime groups is 1. The van der Waals surface area contributed by atoms with Gasteiger partial charge in [-0.2, -0.15) is 0 Å². The van der Waals surface area contributed by atoms with Crippen LogP contribution in [0.2, 0.25) is 0 Å². The summed E-state index contributed by atoms with van der Waals surface area (Å²) in [4.78, 5) is 4.86. The Hall–Kier alpha value is -2.49. The van der Waals surface area contributed by atoms with Crippen LogP contribution in [0.5, 0.6) is 17.2 Å². The lowest BCUT2D eigenvalue weighted by Crippen LogP contribution is -1.98. The summed E-state index contributed by atoms with van der Waals surface area (Å²) in [7, 11) is 0. The SMILES string of the molecule is CCO/N=C/CCOc1ccc(Oc2cccc(C)c2)cc1. The van der Waals surface area contributed by atoms with E-state index in [1.54, 1.807) is 6.21 Å². The fourth-order valence-electron chi connectivity index (χ4n) is 1.83. The largest absolute Gasteiger partial charge is 0.493 e. The summed E-state index contributed by atoms with van der Waals surface area (Å²) in [6, 6.07) is 15.5. The van der Waals surface area contributed by atoms with Crippen molar-refractivity contribution < 1.29 is 14.3 Å². The third-order valence-electron chi connectivity index (χ3n) is 2.84. The summed E-state index contributed by atoms with van der Waals surface area (Å²) < 4.78 is 11.4. The zero-order valence-electron chi connectivity index (χ0n) is 13.0. The van der Waals surface area contributed by atoms with Gasteiger partial charge in [-0.3, -0.25) is 0 Å². The molecule has 0 fully saturated rings. The fourth-order valence-corrected chi connectivity index (χ4v) is 1.83. The Morgan fingerprint density at radius 3 is 2.50 bits per heavy atom. The second kappa shape index (κ2) is 8.72. The maximum absolute atomic E-state index is 5.79. The Morgan fingerprint density at radius 1 is 1.00 bits per heavy atom. The molecule has 0 N–H and O–H groups in total. The number of rotatable bonds is 8. The molecule has 116 valence electrons. The number of ether oxygens (including phenoxy) is 2. The molecule has 4 heteroatoms. The Balaban J connectivity index is 1.80. The van der Waals surface area contributed by atoms with Crippen molar-refractivity contribution in [3.8, 4) is 17.2 Å². The van der Waals surface area contributed by atoms with Crippen LogP contribution in [0.1, 0.15) is 18.9 Å². The van der Waals surface area contributed by atoms with E-state index in [-0.39, 0.29) is 0 Å². The summed E-state index contributed by atoms with van der Waals surface area (Å²) in [5, 5.41) is 3.76. The predicted octanol–water partition coefficient (Wildman–Crippen LogP) is 4.58. The van der Waals surface area contributed by atoms with E-state index < -0.39 is 0 Å². The monoisotopic (exact) mass is 299 g/mol. The van der Waals surface area contributed by atoms with Crippen molar-refractivity contribution in [2.24, 2.45) is 5.16 Å². The van der Waals surface area contributed by atoms with E-state index in [0.717, 1.165) is 17.2 Å². The third-order valence-corrected chi connectivity index (χ3v) is 2.84. The Bertz CT molecular complexity index is 594. The van der Waals surface area contributed by atoms with E-state index in [1.807, 2.05) is 62.4 Å². The number of hydrogen-bond donors (Lipinski definition) is 0. The van der Waals surface area contributed by atoms with Gasteiger partial charge >= 0.3 is 0 Å². The zero-order chi connectivity index (χ0) is 15.6. The second-order valence-electron chi connectivity index (χ2n) is 4.73. The van der Waals surface area contributed by atoms with Crippen LogP contribution in [-0.4, -0.2) is 19.4 Å². The fraction of sp³-hybridized carbons (Fsp3) is 0.278. The second-order valence-corrected chi connectivity index (χ2v) is 4.73. The highest BCUT2D eigenvalue weighted by molar-refractivity contribution is 5.56. The molecule has 0 aliphatic heterocycles. The molecular weight excluding hydrogens is 278 g/mol. The molecule has 0 saturated carbocycles. The average molecular weight is 299 g/mol. The minimum absolute atomic E-state index is 0.564. The molecule has 0 radical (unpaired) electrons. The van der Waals surface area contributed by atoms with E-state index in [1.165, 1.54) is 5.56 Å². The van der Waals surface area contributed by atoms with E-state index >= 15 is 0 Å². The molecule has 0 amide bonds. The van der Waals surface area contributed by atoms with Gasteiger partial charge < -0.3 is 14.3 Å². The number of hydrogen-bond acceptors (Lipinski definition) is 4. The molecule has 4 nitrogen and oxygen atoms in total. The molecule has 2 aromatic rings. The Morgan fingerprint density at radius 2 is 1.77 bits per heavy atom. The highest BCUT2D eigenvalue weighted by Gasteiger charge is 1.99. The van der Waals surface area contributed by atoms with Crippen LogP contribution in [0, 0.1) is 6.92 Å². The van der Waals surface area contributed by atoms with Gasteiger partial charge in [0.25, 0.3) is 0 Å². The molecule has 0 unspecified atom stereocenters. The molecule has 2 rings (SSSR count). The molecule has 0 atom stereocenters. The predicted molar refractivity (Wildman–Crippen MR) is 87.9 cm³/mol. The maximum Gasteiger partial charge on any atom is 0.127 e. The van der Waals surface area contributed by atoms with Crippen LogP contribution in [0.4, 0.5) is 0 Å². The average Bonchev–Trinajstić information content (AvgIpc) is 2.52. The van der Waals surface area contributed by atoms with Crippen molar-refractivity contribution in [1.29, 1.82) is 0 Å². The van der Waals surface area contributed by atoms with E-state index in [0.29, 0.717) is 19.6 Å². The zero-order valence-corrected chi connectivity index (χ0v) is 13.0. The first kappa shape index (κ1) is 15.9. The normalized spacial score (nSPS) is 10.6. The van der Waals surface area contributed by atoms with Gasteiger partial charge in [0.2, 0.25) is 0 Å². The minimum atomic E-state index is 0.564.